The molecular weight excluding hydrogens is 467 g/mol. The van der Waals surface area contributed by atoms with Crippen LogP contribution in [-0.2, 0) is 0 Å². The zero-order chi connectivity index (χ0) is 24.5. The monoisotopic (exact) mass is 491 g/mol. The van der Waals surface area contributed by atoms with Gasteiger partial charge in [-0.25, -0.2) is 4.68 Å². The molecule has 2 N–H and O–H groups in total. The van der Waals surface area contributed by atoms with Gasteiger partial charge in [0.05, 0.1) is 18.3 Å². The van der Waals surface area contributed by atoms with E-state index in [9.17, 15) is 18.0 Å². The molecule has 0 saturated heterocycles. The molecule has 10 heteroatoms. The molecular formula is C24H25ClF3N5O. The lowest BCUT2D eigenvalue weighted by Gasteiger charge is -2.34. The number of halogens is 4. The highest BCUT2D eigenvalue weighted by Crippen LogP contribution is 2.44. The maximum atomic E-state index is 13.9. The number of amides is 1. The van der Waals surface area contributed by atoms with Crippen molar-refractivity contribution in [2.24, 2.45) is 0 Å². The average molecular weight is 492 g/mol. The Hall–Kier alpha value is -3.04. The van der Waals surface area contributed by atoms with Gasteiger partial charge in [0.25, 0.3) is 5.91 Å². The lowest BCUT2D eigenvalue weighted by Crippen LogP contribution is -2.37. The maximum Gasteiger partial charge on any atom is 0.410 e. The fraction of sp³-hybridized carbons (Fsp3) is 0.333. The first-order chi connectivity index (χ1) is 16.2. The lowest BCUT2D eigenvalue weighted by atomic mass is 9.96. The minimum atomic E-state index is -4.51. The second-order valence-corrected chi connectivity index (χ2v) is 8.87. The van der Waals surface area contributed by atoms with E-state index in [-0.39, 0.29) is 30.4 Å². The Kier molecular flexibility index (Phi) is 6.86. The standard InChI is InChI=1S/C24H25ClF3N5O/c1-32(2)20(16-10-6-7-11-18(16)25)14-29-23(34)17-13-30-33-21(24(26,27)28)12-19(31-22(17)33)15-8-4-3-5-9-15/h3-11,13,19-21,31H,12,14H2,1-2H3,(H,29,34). The predicted molar refractivity (Wildman–Crippen MR) is 125 cm³/mol. The van der Waals surface area contributed by atoms with Crippen LogP contribution in [0.1, 0.15) is 46.0 Å². The Morgan fingerprint density at radius 1 is 1.21 bits per heavy atom. The molecule has 2 aromatic carbocycles. The van der Waals surface area contributed by atoms with Gasteiger partial charge in [0.15, 0.2) is 6.04 Å². The Bertz CT molecular complexity index is 1150. The molecule has 1 aromatic heterocycles. The van der Waals surface area contributed by atoms with Crippen LogP contribution in [0.2, 0.25) is 5.02 Å². The van der Waals surface area contributed by atoms with Crippen molar-refractivity contribution in [1.29, 1.82) is 0 Å². The highest BCUT2D eigenvalue weighted by Gasteiger charge is 2.47. The quantitative estimate of drug-likeness (QED) is 0.495. The van der Waals surface area contributed by atoms with Crippen LogP contribution in [0, 0.1) is 0 Å². The summed E-state index contributed by atoms with van der Waals surface area (Å²) in [6.45, 7) is 0.213. The smallest absolute Gasteiger partial charge is 0.363 e. The number of fused-ring (bicyclic) bond motifs is 1. The normalized spacial score (nSPS) is 18.8. The molecule has 0 saturated carbocycles. The van der Waals surface area contributed by atoms with E-state index >= 15 is 0 Å². The van der Waals surface area contributed by atoms with Crippen molar-refractivity contribution in [3.8, 4) is 0 Å². The van der Waals surface area contributed by atoms with Gasteiger partial charge < -0.3 is 15.5 Å². The number of carbonyl (C=O) groups is 1. The molecule has 3 unspecified atom stereocenters. The van der Waals surface area contributed by atoms with Gasteiger partial charge in [-0.15, -0.1) is 0 Å². The first kappa shape index (κ1) is 24.1. The van der Waals surface area contributed by atoms with Crippen LogP contribution in [0.5, 0.6) is 0 Å². The fourth-order valence-electron chi connectivity index (χ4n) is 4.23. The van der Waals surface area contributed by atoms with E-state index in [2.05, 4.69) is 15.7 Å². The SMILES string of the molecule is CN(C)C(CNC(=O)c1cnn2c1NC(c1ccccc1)CC2C(F)(F)F)c1ccccc1Cl. The van der Waals surface area contributed by atoms with Crippen molar-refractivity contribution < 1.29 is 18.0 Å². The Morgan fingerprint density at radius 3 is 2.53 bits per heavy atom. The summed E-state index contributed by atoms with van der Waals surface area (Å²) in [5, 5.41) is 10.4. The van der Waals surface area contributed by atoms with Crippen LogP contribution in [0.15, 0.2) is 60.8 Å². The molecule has 1 aliphatic rings. The number of alkyl halides is 3. The van der Waals surface area contributed by atoms with E-state index in [4.69, 9.17) is 11.6 Å². The minimum Gasteiger partial charge on any atom is -0.363 e. The van der Waals surface area contributed by atoms with Gasteiger partial charge in [-0.1, -0.05) is 60.1 Å². The van der Waals surface area contributed by atoms with E-state index in [0.717, 1.165) is 10.2 Å². The molecule has 34 heavy (non-hydrogen) atoms. The van der Waals surface area contributed by atoms with Gasteiger partial charge in [-0.3, -0.25) is 4.79 Å². The molecule has 3 atom stereocenters. The molecule has 0 bridgehead atoms. The van der Waals surface area contributed by atoms with Gasteiger partial charge >= 0.3 is 6.18 Å². The van der Waals surface area contributed by atoms with E-state index < -0.39 is 24.2 Å². The number of hydrogen-bond donors (Lipinski definition) is 2. The molecule has 6 nitrogen and oxygen atoms in total. The Balaban J connectivity index is 1.59. The number of hydrogen-bond acceptors (Lipinski definition) is 4. The molecule has 0 aliphatic carbocycles. The summed E-state index contributed by atoms with van der Waals surface area (Å²) in [6, 6.07) is 13.5. The summed E-state index contributed by atoms with van der Waals surface area (Å²) in [7, 11) is 3.73. The summed E-state index contributed by atoms with van der Waals surface area (Å²) < 4.78 is 42.5. The number of carbonyl (C=O) groups excluding carboxylic acids is 1. The van der Waals surface area contributed by atoms with Crippen LogP contribution < -0.4 is 10.6 Å². The number of nitrogens with one attached hydrogen (secondary N) is 2. The first-order valence-corrected chi connectivity index (χ1v) is 11.2. The fourth-order valence-corrected chi connectivity index (χ4v) is 4.50. The molecule has 2 heterocycles. The predicted octanol–water partition coefficient (Wildman–Crippen LogP) is 5.23. The summed E-state index contributed by atoms with van der Waals surface area (Å²) >= 11 is 6.34. The highest BCUT2D eigenvalue weighted by atomic mass is 35.5. The topological polar surface area (TPSA) is 62.2 Å². The Labute approximate surface area is 200 Å². The molecule has 0 fully saturated rings. The zero-order valence-corrected chi connectivity index (χ0v) is 19.4. The van der Waals surface area contributed by atoms with Gasteiger partial charge in [0, 0.05) is 18.0 Å². The second kappa shape index (κ2) is 9.68. The molecule has 4 rings (SSSR count). The average Bonchev–Trinajstić information content (AvgIpc) is 3.23. The molecule has 1 amide bonds. The third-order valence-electron chi connectivity index (χ3n) is 6.03. The summed E-state index contributed by atoms with van der Waals surface area (Å²) in [6.07, 6.45) is -3.55. The van der Waals surface area contributed by atoms with Crippen LogP contribution in [-0.4, -0.2) is 47.4 Å². The molecule has 0 spiro atoms. The van der Waals surface area contributed by atoms with Crippen LogP contribution in [0.25, 0.3) is 0 Å². The number of aromatic nitrogens is 2. The van der Waals surface area contributed by atoms with Crippen LogP contribution >= 0.6 is 11.6 Å². The second-order valence-electron chi connectivity index (χ2n) is 8.46. The van der Waals surface area contributed by atoms with Crippen molar-refractivity contribution in [1.82, 2.24) is 20.0 Å². The summed E-state index contributed by atoms with van der Waals surface area (Å²) in [4.78, 5) is 15.0. The van der Waals surface area contributed by atoms with Crippen molar-refractivity contribution in [2.45, 2.75) is 30.7 Å². The third kappa shape index (κ3) is 4.90. The van der Waals surface area contributed by atoms with Gasteiger partial charge in [0.2, 0.25) is 0 Å². The van der Waals surface area contributed by atoms with Gasteiger partial charge in [-0.2, -0.15) is 18.3 Å². The van der Waals surface area contributed by atoms with Crippen molar-refractivity contribution in [2.75, 3.05) is 26.0 Å². The van der Waals surface area contributed by atoms with E-state index in [1.807, 2.05) is 37.2 Å². The zero-order valence-electron chi connectivity index (χ0n) is 18.7. The number of nitrogens with zero attached hydrogens (tertiary/aromatic N) is 3. The highest BCUT2D eigenvalue weighted by molar-refractivity contribution is 6.31. The molecule has 3 aromatic rings. The number of likely N-dealkylation sites (N-methyl/N-ethyl adjacent to an activating group) is 1. The third-order valence-corrected chi connectivity index (χ3v) is 6.37. The van der Waals surface area contributed by atoms with Crippen molar-refractivity contribution in [3.63, 3.8) is 0 Å². The molecule has 0 radical (unpaired) electrons. The van der Waals surface area contributed by atoms with Crippen molar-refractivity contribution >= 4 is 23.3 Å². The molecule has 180 valence electrons. The first-order valence-electron chi connectivity index (χ1n) is 10.8. The van der Waals surface area contributed by atoms with E-state index in [0.29, 0.717) is 10.6 Å². The Morgan fingerprint density at radius 2 is 1.88 bits per heavy atom. The number of rotatable bonds is 6. The number of benzene rings is 2. The summed E-state index contributed by atoms with van der Waals surface area (Å²) in [5.74, 6) is -0.457. The molecule has 1 aliphatic heterocycles. The maximum absolute atomic E-state index is 13.9. The minimum absolute atomic E-state index is 0.0547. The van der Waals surface area contributed by atoms with E-state index in [1.54, 1.807) is 36.4 Å². The lowest BCUT2D eigenvalue weighted by molar-refractivity contribution is -0.173. The van der Waals surface area contributed by atoms with Crippen LogP contribution in [0.3, 0.4) is 0 Å². The van der Waals surface area contributed by atoms with E-state index in [1.165, 1.54) is 6.20 Å². The summed E-state index contributed by atoms with van der Waals surface area (Å²) in [5.41, 5.74) is 1.61. The number of anilines is 1. The van der Waals surface area contributed by atoms with Gasteiger partial charge in [0.1, 0.15) is 11.4 Å². The van der Waals surface area contributed by atoms with Crippen LogP contribution in [0.4, 0.5) is 19.0 Å². The van der Waals surface area contributed by atoms with Gasteiger partial charge in [-0.05, 0) is 31.3 Å². The van der Waals surface area contributed by atoms with Crippen molar-refractivity contribution in [3.05, 3.63) is 82.5 Å². The largest absolute Gasteiger partial charge is 0.410 e.